The summed E-state index contributed by atoms with van der Waals surface area (Å²) in [4.78, 5) is 0. The molecule has 1 aliphatic rings. The molecule has 1 aliphatic carbocycles. The molecule has 0 spiro atoms. The van der Waals surface area contributed by atoms with Crippen LogP contribution in [-0.4, -0.2) is 22.4 Å². The molecule has 4 nitrogen and oxygen atoms in total. The van der Waals surface area contributed by atoms with Gasteiger partial charge in [-0.3, -0.25) is 0 Å². The first-order valence-corrected chi connectivity index (χ1v) is 18.8. The third-order valence-corrected chi connectivity index (χ3v) is 10.6. The Morgan fingerprint density at radius 3 is 1.73 bits per heavy atom. The van der Waals surface area contributed by atoms with E-state index >= 15 is 0 Å². The summed E-state index contributed by atoms with van der Waals surface area (Å²) in [5.41, 5.74) is 7.42. The molecule has 1 saturated carbocycles. The Labute approximate surface area is 295 Å². The van der Waals surface area contributed by atoms with Crippen molar-refractivity contribution in [2.24, 2.45) is 11.8 Å². The minimum Gasteiger partial charge on any atom is -0.507 e. The SMILES string of the molecule is CCCCCCC(C)[C@H](CC(Oc1ccccc1-c1cc(C)cc(C)c1O)C1CCCCC1)Oc1ccccc1-c1cc(C)cc(C)c1O. The van der Waals surface area contributed by atoms with E-state index < -0.39 is 0 Å². The summed E-state index contributed by atoms with van der Waals surface area (Å²) in [6, 6.07) is 24.5. The second-order valence-corrected chi connectivity index (χ2v) is 14.7. The first kappa shape index (κ1) is 36.4. The Morgan fingerprint density at radius 1 is 0.653 bits per heavy atom. The van der Waals surface area contributed by atoms with Crippen molar-refractivity contribution < 1.29 is 19.7 Å². The normalized spacial score (nSPS) is 15.5. The van der Waals surface area contributed by atoms with E-state index in [1.165, 1.54) is 44.9 Å². The smallest absolute Gasteiger partial charge is 0.127 e. The van der Waals surface area contributed by atoms with Gasteiger partial charge in [-0.1, -0.05) is 107 Å². The lowest BCUT2D eigenvalue weighted by molar-refractivity contribution is 0.0354. The molecule has 0 heterocycles. The Kier molecular flexibility index (Phi) is 12.7. The molecule has 1 fully saturated rings. The Morgan fingerprint density at radius 2 is 1.18 bits per heavy atom. The summed E-state index contributed by atoms with van der Waals surface area (Å²) in [5.74, 6) is 2.96. The van der Waals surface area contributed by atoms with E-state index in [0.717, 1.165) is 81.7 Å². The van der Waals surface area contributed by atoms with Crippen molar-refractivity contribution in [1.82, 2.24) is 0 Å². The van der Waals surface area contributed by atoms with Crippen LogP contribution in [0.15, 0.2) is 72.8 Å². The van der Waals surface area contributed by atoms with Crippen LogP contribution in [0, 0.1) is 39.5 Å². The van der Waals surface area contributed by atoms with Crippen LogP contribution < -0.4 is 9.47 Å². The van der Waals surface area contributed by atoms with Gasteiger partial charge < -0.3 is 19.7 Å². The average Bonchev–Trinajstić information content (AvgIpc) is 3.10. The van der Waals surface area contributed by atoms with Crippen molar-refractivity contribution in [3.8, 4) is 45.3 Å². The summed E-state index contributed by atoms with van der Waals surface area (Å²) in [6.07, 6.45) is 12.6. The quantitative estimate of drug-likeness (QED) is 0.124. The molecule has 0 aliphatic heterocycles. The van der Waals surface area contributed by atoms with E-state index in [0.29, 0.717) is 23.3 Å². The van der Waals surface area contributed by atoms with Crippen LogP contribution in [0.2, 0.25) is 0 Å². The van der Waals surface area contributed by atoms with Gasteiger partial charge in [0.05, 0.1) is 0 Å². The highest BCUT2D eigenvalue weighted by Crippen LogP contribution is 2.43. The molecule has 0 saturated heterocycles. The van der Waals surface area contributed by atoms with Crippen molar-refractivity contribution in [3.63, 3.8) is 0 Å². The predicted octanol–water partition coefficient (Wildman–Crippen LogP) is 12.4. The van der Waals surface area contributed by atoms with Gasteiger partial charge in [-0.25, -0.2) is 0 Å². The molecule has 49 heavy (non-hydrogen) atoms. The van der Waals surface area contributed by atoms with Crippen LogP contribution in [0.1, 0.15) is 107 Å². The van der Waals surface area contributed by atoms with Crippen molar-refractivity contribution in [2.45, 2.75) is 124 Å². The fraction of sp³-hybridized carbons (Fsp3) is 0.467. The second-order valence-electron chi connectivity index (χ2n) is 14.7. The van der Waals surface area contributed by atoms with Crippen LogP contribution in [0.5, 0.6) is 23.0 Å². The minimum absolute atomic E-state index is 0.0423. The van der Waals surface area contributed by atoms with Crippen LogP contribution in [0.3, 0.4) is 0 Å². The molecule has 262 valence electrons. The molecule has 0 radical (unpaired) electrons. The number of rotatable bonds is 15. The van der Waals surface area contributed by atoms with Crippen molar-refractivity contribution in [1.29, 1.82) is 0 Å². The molecule has 0 aromatic heterocycles. The van der Waals surface area contributed by atoms with E-state index in [9.17, 15) is 10.2 Å². The van der Waals surface area contributed by atoms with Crippen LogP contribution in [0.25, 0.3) is 22.3 Å². The molecule has 5 rings (SSSR count). The maximum Gasteiger partial charge on any atom is 0.127 e. The number of ether oxygens (including phenoxy) is 2. The molecule has 4 aromatic carbocycles. The molecule has 0 bridgehead atoms. The number of aryl methyl sites for hydroxylation is 4. The molecular formula is C45H58O4. The fourth-order valence-corrected chi connectivity index (χ4v) is 7.79. The van der Waals surface area contributed by atoms with Gasteiger partial charge >= 0.3 is 0 Å². The van der Waals surface area contributed by atoms with Crippen molar-refractivity contribution >= 4 is 0 Å². The lowest BCUT2D eigenvalue weighted by atomic mass is 9.81. The van der Waals surface area contributed by atoms with Gasteiger partial charge in [0, 0.05) is 28.7 Å². The number of hydrogen-bond acceptors (Lipinski definition) is 4. The zero-order valence-corrected chi connectivity index (χ0v) is 30.7. The van der Waals surface area contributed by atoms with Crippen LogP contribution in [-0.2, 0) is 0 Å². The largest absolute Gasteiger partial charge is 0.507 e. The summed E-state index contributed by atoms with van der Waals surface area (Å²) < 4.78 is 14.3. The summed E-state index contributed by atoms with van der Waals surface area (Å²) >= 11 is 0. The first-order valence-electron chi connectivity index (χ1n) is 18.8. The maximum atomic E-state index is 11.2. The molecule has 2 unspecified atom stereocenters. The number of benzene rings is 4. The Bertz CT molecular complexity index is 1670. The number of aromatic hydroxyl groups is 2. The van der Waals surface area contributed by atoms with Gasteiger partial charge in [-0.05, 0) is 105 Å². The minimum atomic E-state index is -0.0791. The van der Waals surface area contributed by atoms with E-state index in [1.54, 1.807) is 0 Å². The van der Waals surface area contributed by atoms with Crippen molar-refractivity contribution in [3.05, 3.63) is 95.1 Å². The second kappa shape index (κ2) is 17.1. The van der Waals surface area contributed by atoms with Crippen LogP contribution in [0.4, 0.5) is 0 Å². The molecular weight excluding hydrogens is 604 g/mol. The monoisotopic (exact) mass is 662 g/mol. The Balaban J connectivity index is 1.52. The zero-order chi connectivity index (χ0) is 34.9. The topological polar surface area (TPSA) is 58.9 Å². The third-order valence-electron chi connectivity index (χ3n) is 10.6. The van der Waals surface area contributed by atoms with Gasteiger partial charge in [0.2, 0.25) is 0 Å². The lowest BCUT2D eigenvalue weighted by Gasteiger charge is -2.36. The van der Waals surface area contributed by atoms with Gasteiger partial charge in [-0.2, -0.15) is 0 Å². The van der Waals surface area contributed by atoms with E-state index in [4.69, 9.17) is 9.47 Å². The molecule has 4 heteroatoms. The maximum absolute atomic E-state index is 11.2. The predicted molar refractivity (Wildman–Crippen MR) is 204 cm³/mol. The summed E-state index contributed by atoms with van der Waals surface area (Å²) in [6.45, 7) is 12.7. The highest BCUT2D eigenvalue weighted by atomic mass is 16.5. The molecule has 0 amide bonds. The summed E-state index contributed by atoms with van der Waals surface area (Å²) in [7, 11) is 0. The standard InChI is InChI=1S/C45H58O4/c1-7-8-9-11-18-32(4)42(48-40-23-16-14-21-36(40)38-27-30(2)25-33(5)44(38)46)29-43(35-19-12-10-13-20-35)49-41-24-17-15-22-37(41)39-28-31(3)26-34(6)45(39)47/h14-17,21-28,32,35,42-43,46-47H,7-13,18-20,29H2,1-6H3/t32?,42-,43?/m0/s1. The van der Waals surface area contributed by atoms with E-state index in [2.05, 4.69) is 64.1 Å². The first-order chi connectivity index (χ1) is 23.7. The molecule has 2 N–H and O–H groups in total. The Hall–Kier alpha value is -3.92. The zero-order valence-electron chi connectivity index (χ0n) is 30.7. The highest BCUT2D eigenvalue weighted by Gasteiger charge is 2.32. The van der Waals surface area contributed by atoms with E-state index in [1.807, 2.05) is 50.2 Å². The number of phenols is 2. The average molecular weight is 663 g/mol. The number of para-hydroxylation sites is 2. The van der Waals surface area contributed by atoms with E-state index in [-0.39, 0.29) is 12.2 Å². The number of hydrogen-bond donors (Lipinski definition) is 2. The third kappa shape index (κ3) is 9.21. The lowest BCUT2D eigenvalue weighted by Crippen LogP contribution is -2.37. The fourth-order valence-electron chi connectivity index (χ4n) is 7.79. The van der Waals surface area contributed by atoms with Gasteiger partial charge in [-0.15, -0.1) is 0 Å². The van der Waals surface area contributed by atoms with Crippen LogP contribution >= 0.6 is 0 Å². The molecule has 3 atom stereocenters. The van der Waals surface area contributed by atoms with Gasteiger partial charge in [0.1, 0.15) is 35.2 Å². The number of phenolic OH excluding ortho intramolecular Hbond substituents is 2. The van der Waals surface area contributed by atoms with Gasteiger partial charge in [0.25, 0.3) is 0 Å². The number of unbranched alkanes of at least 4 members (excludes halogenated alkanes) is 3. The highest BCUT2D eigenvalue weighted by molar-refractivity contribution is 5.78. The molecule has 4 aromatic rings. The van der Waals surface area contributed by atoms with Gasteiger partial charge in [0.15, 0.2) is 0 Å². The van der Waals surface area contributed by atoms with Crippen molar-refractivity contribution in [2.75, 3.05) is 0 Å². The summed E-state index contributed by atoms with van der Waals surface area (Å²) in [5, 5.41) is 22.3.